The van der Waals surface area contributed by atoms with Gasteiger partial charge in [0.1, 0.15) is 17.7 Å². The third kappa shape index (κ3) is 9.08. The Morgan fingerprint density at radius 3 is 1.90 bits per heavy atom. The smallest absolute Gasteiger partial charge is 0.407 e. The molecule has 3 aromatic carbocycles. The summed E-state index contributed by atoms with van der Waals surface area (Å²) in [6, 6.07) is 25.0. The minimum atomic E-state index is -1.38. The standard InChI is InChI=1S/C46H50N10O6/c1-46(2,62-44(47)59)43(58)56-22-8-12-39(56)41-49-25-37(52-41)33-19-15-31(16-20-33)30-13-17-32(18-14-30)36-24-48-40(51-36)38-11-7-21-55(38)42(57)35(53-45(60)61-3)23-34-27-54(28-50-34)26-29-9-5-4-6-10-29/h4-6,9-10,13-20,24-25,27-28,35,38-39H,7-8,11-12,21-23,26H2,1-3H3,(H2,47,59)(H,48,51)(H,49,52)(H,53,60)/t35-,38?,39-/m0/s1. The summed E-state index contributed by atoms with van der Waals surface area (Å²) in [5.74, 6) is 0.823. The van der Waals surface area contributed by atoms with Crippen LogP contribution in [0.3, 0.4) is 0 Å². The van der Waals surface area contributed by atoms with E-state index in [0.29, 0.717) is 37.0 Å². The monoisotopic (exact) mass is 838 g/mol. The van der Waals surface area contributed by atoms with Gasteiger partial charge in [-0.3, -0.25) is 9.59 Å². The second kappa shape index (κ2) is 17.8. The number of H-pyrrole nitrogens is 2. The molecule has 0 saturated carbocycles. The summed E-state index contributed by atoms with van der Waals surface area (Å²) in [6.07, 6.45) is 8.79. The van der Waals surface area contributed by atoms with Crippen LogP contribution in [0.1, 0.15) is 74.5 Å². The molecule has 2 aliphatic heterocycles. The molecule has 2 saturated heterocycles. The second-order valence-corrected chi connectivity index (χ2v) is 16.2. The number of carbonyl (C=O) groups excluding carboxylic acids is 4. The maximum atomic E-state index is 14.1. The Bertz CT molecular complexity index is 2530. The lowest BCUT2D eigenvalue weighted by molar-refractivity contribution is -0.149. The number of rotatable bonds is 13. The molecule has 2 aliphatic rings. The van der Waals surface area contributed by atoms with Crippen molar-refractivity contribution in [3.05, 3.63) is 127 Å². The highest BCUT2D eigenvalue weighted by Crippen LogP contribution is 2.36. The second-order valence-electron chi connectivity index (χ2n) is 16.2. The van der Waals surface area contributed by atoms with Crippen molar-refractivity contribution in [3.8, 4) is 33.6 Å². The molecule has 62 heavy (non-hydrogen) atoms. The Morgan fingerprint density at radius 1 is 0.790 bits per heavy atom. The van der Waals surface area contributed by atoms with Gasteiger partial charge in [0.25, 0.3) is 5.91 Å². The van der Waals surface area contributed by atoms with Gasteiger partial charge < -0.3 is 44.9 Å². The average Bonchev–Trinajstić information content (AvgIpc) is 4.13. The van der Waals surface area contributed by atoms with Gasteiger partial charge in [0.05, 0.1) is 55.0 Å². The summed E-state index contributed by atoms with van der Waals surface area (Å²) >= 11 is 0. The molecular weight excluding hydrogens is 789 g/mol. The number of carbonyl (C=O) groups is 4. The molecule has 5 N–H and O–H groups in total. The number of aromatic amines is 2. The molecule has 1 unspecified atom stereocenters. The van der Waals surface area contributed by atoms with Crippen LogP contribution < -0.4 is 11.1 Å². The lowest BCUT2D eigenvalue weighted by Crippen LogP contribution is -2.49. The summed E-state index contributed by atoms with van der Waals surface area (Å²) in [6.45, 7) is 4.79. The van der Waals surface area contributed by atoms with E-state index in [0.717, 1.165) is 64.9 Å². The van der Waals surface area contributed by atoms with Crippen molar-refractivity contribution < 1.29 is 28.7 Å². The number of methoxy groups -OCH3 is 1. The SMILES string of the molecule is COC(=O)N[C@@H](Cc1cn(Cc2ccccc2)cn1)C(=O)N1CCCC1c1ncc(-c2ccc(-c3ccc(-c4cnc([C@@H]5CCCN5C(=O)C(C)(C)OC(N)=O)[nH]4)cc3)cc2)[nH]1. The molecule has 0 spiro atoms. The molecule has 16 heteroatoms. The normalized spacial score (nSPS) is 16.9. The predicted molar refractivity (Wildman–Crippen MR) is 230 cm³/mol. The van der Waals surface area contributed by atoms with Crippen LogP contribution in [0, 0.1) is 0 Å². The van der Waals surface area contributed by atoms with E-state index in [1.54, 1.807) is 42.4 Å². The van der Waals surface area contributed by atoms with E-state index in [1.165, 1.54) is 7.11 Å². The van der Waals surface area contributed by atoms with E-state index in [-0.39, 0.29) is 30.3 Å². The van der Waals surface area contributed by atoms with E-state index in [2.05, 4.69) is 49.5 Å². The van der Waals surface area contributed by atoms with Crippen molar-refractivity contribution in [2.45, 2.75) is 76.2 Å². The summed E-state index contributed by atoms with van der Waals surface area (Å²) in [7, 11) is 1.28. The summed E-state index contributed by atoms with van der Waals surface area (Å²) in [4.78, 5) is 75.5. The van der Waals surface area contributed by atoms with Crippen molar-refractivity contribution in [2.24, 2.45) is 5.73 Å². The molecule has 8 rings (SSSR count). The molecule has 3 aromatic heterocycles. The maximum absolute atomic E-state index is 14.1. The van der Waals surface area contributed by atoms with E-state index >= 15 is 0 Å². The Kier molecular flexibility index (Phi) is 11.9. The predicted octanol–water partition coefficient (Wildman–Crippen LogP) is 6.55. The molecule has 3 atom stereocenters. The number of nitrogens with two attached hydrogens (primary N) is 1. The molecule has 0 radical (unpaired) electrons. The van der Waals surface area contributed by atoms with Crippen molar-refractivity contribution >= 4 is 24.0 Å². The van der Waals surface area contributed by atoms with E-state index in [1.807, 2.05) is 65.4 Å². The van der Waals surface area contributed by atoms with Crippen LogP contribution in [-0.2, 0) is 32.0 Å². The van der Waals surface area contributed by atoms with Crippen LogP contribution in [-0.4, -0.2) is 95.1 Å². The van der Waals surface area contributed by atoms with Gasteiger partial charge in [0.2, 0.25) is 5.91 Å². The quantitative estimate of drug-likeness (QED) is 0.0994. The number of ether oxygens (including phenoxy) is 2. The number of nitrogens with zero attached hydrogens (tertiary/aromatic N) is 6. The van der Waals surface area contributed by atoms with Crippen LogP contribution >= 0.6 is 0 Å². The lowest BCUT2D eigenvalue weighted by atomic mass is 10.0. The van der Waals surface area contributed by atoms with Crippen molar-refractivity contribution in [1.82, 2.24) is 44.6 Å². The van der Waals surface area contributed by atoms with Crippen molar-refractivity contribution in [1.29, 1.82) is 0 Å². The molecular formula is C46H50N10O6. The number of hydrogen-bond acceptors (Lipinski definition) is 9. The molecule has 0 bridgehead atoms. The van der Waals surface area contributed by atoms with Gasteiger partial charge in [0.15, 0.2) is 5.60 Å². The number of alkyl carbamates (subject to hydrolysis) is 1. The first kappa shape index (κ1) is 41.5. The highest BCUT2D eigenvalue weighted by Gasteiger charge is 2.42. The number of aromatic nitrogens is 6. The first-order valence-electron chi connectivity index (χ1n) is 20.8. The van der Waals surface area contributed by atoms with E-state index in [9.17, 15) is 19.2 Å². The Morgan fingerprint density at radius 2 is 1.34 bits per heavy atom. The third-order valence-electron chi connectivity index (χ3n) is 11.6. The van der Waals surface area contributed by atoms with E-state index in [4.69, 9.17) is 20.2 Å². The Labute approximate surface area is 358 Å². The van der Waals surface area contributed by atoms with Crippen molar-refractivity contribution in [2.75, 3.05) is 20.2 Å². The Balaban J connectivity index is 0.909. The largest absolute Gasteiger partial charge is 0.453 e. The van der Waals surface area contributed by atoms with Crippen LogP contribution in [0.2, 0.25) is 0 Å². The Hall–Kier alpha value is -7.23. The van der Waals surface area contributed by atoms with Crippen molar-refractivity contribution in [3.63, 3.8) is 0 Å². The number of hydrogen-bond donors (Lipinski definition) is 4. The molecule has 4 amide bonds. The molecule has 5 heterocycles. The zero-order valence-corrected chi connectivity index (χ0v) is 34.9. The average molecular weight is 839 g/mol. The fraction of sp³-hybridized carbons (Fsp3) is 0.326. The summed E-state index contributed by atoms with van der Waals surface area (Å²) < 4.78 is 12.0. The molecule has 320 valence electrons. The molecule has 6 aromatic rings. The maximum Gasteiger partial charge on any atom is 0.407 e. The number of nitrogens with one attached hydrogen (secondary N) is 3. The van der Waals surface area contributed by atoms with Gasteiger partial charge in [0, 0.05) is 32.3 Å². The number of primary amides is 1. The first-order valence-corrected chi connectivity index (χ1v) is 20.8. The topological polar surface area (TPSA) is 206 Å². The minimum Gasteiger partial charge on any atom is -0.453 e. The van der Waals surface area contributed by atoms with Gasteiger partial charge in [-0.05, 0) is 67.3 Å². The zero-order chi connectivity index (χ0) is 43.4. The molecule has 0 aliphatic carbocycles. The van der Waals surface area contributed by atoms with Crippen LogP contribution in [0.4, 0.5) is 9.59 Å². The van der Waals surface area contributed by atoms with Crippen LogP contribution in [0.5, 0.6) is 0 Å². The van der Waals surface area contributed by atoms with Crippen LogP contribution in [0.25, 0.3) is 33.6 Å². The van der Waals surface area contributed by atoms with E-state index < -0.39 is 23.8 Å². The lowest BCUT2D eigenvalue weighted by Gasteiger charge is -2.31. The van der Waals surface area contributed by atoms with Gasteiger partial charge in [-0.1, -0.05) is 78.9 Å². The highest BCUT2D eigenvalue weighted by atomic mass is 16.6. The number of amides is 4. The fourth-order valence-electron chi connectivity index (χ4n) is 8.44. The molecule has 2 fully saturated rings. The summed E-state index contributed by atoms with van der Waals surface area (Å²) in [5.41, 5.74) is 11.3. The zero-order valence-electron chi connectivity index (χ0n) is 34.9. The summed E-state index contributed by atoms with van der Waals surface area (Å²) in [5, 5.41) is 2.75. The minimum absolute atomic E-state index is 0.209. The van der Waals surface area contributed by atoms with Gasteiger partial charge >= 0.3 is 12.2 Å². The van der Waals surface area contributed by atoms with Gasteiger partial charge in [-0.2, -0.15) is 0 Å². The number of imidazole rings is 3. The molecule has 16 nitrogen and oxygen atoms in total. The first-order chi connectivity index (χ1) is 29.9. The third-order valence-corrected chi connectivity index (χ3v) is 11.6. The highest BCUT2D eigenvalue weighted by molar-refractivity contribution is 5.87. The number of likely N-dealkylation sites (tertiary alicyclic amines) is 2. The van der Waals surface area contributed by atoms with Crippen LogP contribution in [0.15, 0.2) is 104 Å². The fourth-order valence-corrected chi connectivity index (χ4v) is 8.44. The van der Waals surface area contributed by atoms with Gasteiger partial charge in [-0.15, -0.1) is 0 Å². The van der Waals surface area contributed by atoms with Gasteiger partial charge in [-0.25, -0.2) is 24.5 Å². The number of benzene rings is 3.